The van der Waals surface area contributed by atoms with Gasteiger partial charge in [0.1, 0.15) is 6.04 Å². The molecule has 2 atom stereocenters. The number of carboxylic acids is 1. The summed E-state index contributed by atoms with van der Waals surface area (Å²) in [6.45, 7) is 2.71. The van der Waals surface area contributed by atoms with Crippen molar-refractivity contribution in [1.29, 1.82) is 0 Å². The van der Waals surface area contributed by atoms with Crippen molar-refractivity contribution in [3.63, 3.8) is 0 Å². The third-order valence-electron chi connectivity index (χ3n) is 4.16. The predicted molar refractivity (Wildman–Crippen MR) is 78.1 cm³/mol. The third kappa shape index (κ3) is 3.58. The van der Waals surface area contributed by atoms with Crippen LogP contribution in [-0.2, 0) is 4.79 Å². The SMILES string of the molecule is CC(c1ccc([N+](=O)[O-])cc1)N1CCCCCC1C(=O)O. The number of aliphatic carboxylic acids is 1. The van der Waals surface area contributed by atoms with E-state index in [9.17, 15) is 20.0 Å². The highest BCUT2D eigenvalue weighted by Crippen LogP contribution is 2.28. The fourth-order valence-electron chi connectivity index (χ4n) is 2.93. The first-order valence-corrected chi connectivity index (χ1v) is 7.23. The number of carbonyl (C=O) groups is 1. The van der Waals surface area contributed by atoms with Crippen molar-refractivity contribution >= 4 is 11.7 Å². The molecule has 1 fully saturated rings. The van der Waals surface area contributed by atoms with Crippen molar-refractivity contribution in [1.82, 2.24) is 4.90 Å². The Morgan fingerprint density at radius 1 is 1.33 bits per heavy atom. The van der Waals surface area contributed by atoms with Gasteiger partial charge in [-0.2, -0.15) is 0 Å². The lowest BCUT2D eigenvalue weighted by molar-refractivity contribution is -0.384. The largest absolute Gasteiger partial charge is 0.480 e. The molecular weight excluding hydrogens is 272 g/mol. The fraction of sp³-hybridized carbons (Fsp3) is 0.533. The van der Waals surface area contributed by atoms with Gasteiger partial charge in [-0.15, -0.1) is 0 Å². The minimum atomic E-state index is -0.786. The van der Waals surface area contributed by atoms with E-state index in [4.69, 9.17) is 0 Å². The molecule has 0 aliphatic carbocycles. The summed E-state index contributed by atoms with van der Waals surface area (Å²) in [4.78, 5) is 23.7. The molecule has 21 heavy (non-hydrogen) atoms. The van der Waals surface area contributed by atoms with Crippen LogP contribution in [0.4, 0.5) is 5.69 Å². The summed E-state index contributed by atoms with van der Waals surface area (Å²) in [6.07, 6.45) is 3.63. The number of hydrogen-bond acceptors (Lipinski definition) is 4. The van der Waals surface area contributed by atoms with Crippen molar-refractivity contribution in [2.75, 3.05) is 6.54 Å². The summed E-state index contributed by atoms with van der Waals surface area (Å²) in [6, 6.07) is 5.83. The van der Waals surface area contributed by atoms with Gasteiger partial charge in [-0.3, -0.25) is 19.8 Å². The maximum absolute atomic E-state index is 11.5. The molecule has 1 N–H and O–H groups in total. The molecule has 1 heterocycles. The molecule has 0 aromatic heterocycles. The quantitative estimate of drug-likeness (QED) is 0.681. The first-order valence-electron chi connectivity index (χ1n) is 7.23. The molecule has 1 aliphatic heterocycles. The molecule has 0 amide bonds. The lowest BCUT2D eigenvalue weighted by atomic mass is 10.0. The molecular formula is C15H20N2O4. The standard InChI is InChI=1S/C15H20N2O4/c1-11(12-6-8-13(9-7-12)17(20)21)16-10-4-2-3-5-14(16)15(18)19/h6-9,11,14H,2-5,10H2,1H3,(H,18,19). The van der Waals surface area contributed by atoms with Gasteiger partial charge in [-0.1, -0.05) is 25.0 Å². The fourth-order valence-corrected chi connectivity index (χ4v) is 2.93. The maximum atomic E-state index is 11.5. The van der Waals surface area contributed by atoms with Gasteiger partial charge in [-0.05, 0) is 31.9 Å². The number of likely N-dealkylation sites (tertiary alicyclic amines) is 1. The summed E-state index contributed by atoms with van der Waals surface area (Å²) in [7, 11) is 0. The molecule has 1 aromatic carbocycles. The lowest BCUT2D eigenvalue weighted by Gasteiger charge is -2.32. The zero-order valence-electron chi connectivity index (χ0n) is 12.1. The van der Waals surface area contributed by atoms with Crippen LogP contribution >= 0.6 is 0 Å². The maximum Gasteiger partial charge on any atom is 0.320 e. The van der Waals surface area contributed by atoms with Crippen molar-refractivity contribution in [3.05, 3.63) is 39.9 Å². The summed E-state index contributed by atoms with van der Waals surface area (Å²) >= 11 is 0. The first-order chi connectivity index (χ1) is 10.0. The topological polar surface area (TPSA) is 83.7 Å². The minimum absolute atomic E-state index is 0.0524. The lowest BCUT2D eigenvalue weighted by Crippen LogP contribution is -2.42. The van der Waals surface area contributed by atoms with Crippen LogP contribution in [0, 0.1) is 10.1 Å². The van der Waals surface area contributed by atoms with Gasteiger partial charge < -0.3 is 5.11 Å². The first kappa shape index (κ1) is 15.4. The number of hydrogen-bond donors (Lipinski definition) is 1. The Labute approximate surface area is 123 Å². The van der Waals surface area contributed by atoms with Gasteiger partial charge >= 0.3 is 5.97 Å². The molecule has 0 radical (unpaired) electrons. The van der Waals surface area contributed by atoms with Crippen LogP contribution < -0.4 is 0 Å². The molecule has 1 aliphatic rings. The molecule has 1 aromatic rings. The van der Waals surface area contributed by atoms with Gasteiger partial charge in [0.2, 0.25) is 0 Å². The van der Waals surface area contributed by atoms with E-state index in [0.29, 0.717) is 6.42 Å². The van der Waals surface area contributed by atoms with Gasteiger partial charge in [0.05, 0.1) is 4.92 Å². The van der Waals surface area contributed by atoms with Crippen molar-refractivity contribution < 1.29 is 14.8 Å². The van der Waals surface area contributed by atoms with Crippen molar-refractivity contribution in [3.8, 4) is 0 Å². The molecule has 0 bridgehead atoms. The highest BCUT2D eigenvalue weighted by Gasteiger charge is 2.31. The van der Waals surface area contributed by atoms with Crippen molar-refractivity contribution in [2.24, 2.45) is 0 Å². The number of nitrogens with zero attached hydrogens (tertiary/aromatic N) is 2. The molecule has 114 valence electrons. The average Bonchev–Trinajstić information content (AvgIpc) is 2.72. The van der Waals surface area contributed by atoms with Crippen molar-refractivity contribution in [2.45, 2.75) is 44.7 Å². The minimum Gasteiger partial charge on any atom is -0.480 e. The van der Waals surface area contributed by atoms with Gasteiger partial charge in [0.25, 0.3) is 5.69 Å². The smallest absolute Gasteiger partial charge is 0.320 e. The van der Waals surface area contributed by atoms with Gasteiger partial charge in [-0.25, -0.2) is 0 Å². The number of nitro groups is 1. The highest BCUT2D eigenvalue weighted by atomic mass is 16.6. The van der Waals surface area contributed by atoms with Crippen LogP contribution in [-0.4, -0.2) is 33.5 Å². The van der Waals surface area contributed by atoms with E-state index in [1.54, 1.807) is 12.1 Å². The molecule has 6 heteroatoms. The van der Waals surface area contributed by atoms with E-state index in [1.165, 1.54) is 12.1 Å². The van der Waals surface area contributed by atoms with Crippen LogP contribution in [0.5, 0.6) is 0 Å². The molecule has 2 rings (SSSR count). The number of nitro benzene ring substituents is 1. The van der Waals surface area contributed by atoms with E-state index < -0.39 is 16.9 Å². The monoisotopic (exact) mass is 292 g/mol. The zero-order chi connectivity index (χ0) is 15.4. The molecule has 6 nitrogen and oxygen atoms in total. The van der Waals surface area contributed by atoms with Gasteiger partial charge in [0, 0.05) is 18.2 Å². The Morgan fingerprint density at radius 3 is 2.57 bits per heavy atom. The third-order valence-corrected chi connectivity index (χ3v) is 4.16. The van der Waals surface area contributed by atoms with E-state index in [2.05, 4.69) is 0 Å². The second-order valence-electron chi connectivity index (χ2n) is 5.47. The summed E-state index contributed by atoms with van der Waals surface area (Å²) < 4.78 is 0. The van der Waals surface area contributed by atoms with E-state index >= 15 is 0 Å². The molecule has 1 saturated heterocycles. The molecule has 0 spiro atoms. The Bertz CT molecular complexity index is 515. The predicted octanol–water partition coefficient (Wildman–Crippen LogP) is 2.99. The number of non-ortho nitro benzene ring substituents is 1. The second-order valence-corrected chi connectivity index (χ2v) is 5.47. The Balaban J connectivity index is 2.20. The van der Waals surface area contributed by atoms with E-state index in [1.807, 2.05) is 11.8 Å². The summed E-state index contributed by atoms with van der Waals surface area (Å²) in [5.74, 6) is -0.786. The van der Waals surface area contributed by atoms with Crippen LogP contribution in [0.25, 0.3) is 0 Å². The molecule has 2 unspecified atom stereocenters. The van der Waals surface area contributed by atoms with Gasteiger partial charge in [0.15, 0.2) is 0 Å². The zero-order valence-corrected chi connectivity index (χ0v) is 12.1. The second kappa shape index (κ2) is 6.67. The Morgan fingerprint density at radius 2 is 2.00 bits per heavy atom. The number of rotatable bonds is 4. The Kier molecular flexibility index (Phi) is 4.90. The van der Waals surface area contributed by atoms with Crippen LogP contribution in [0.3, 0.4) is 0 Å². The van der Waals surface area contributed by atoms with E-state index in [0.717, 1.165) is 31.4 Å². The van der Waals surface area contributed by atoms with Crippen LogP contribution in [0.2, 0.25) is 0 Å². The molecule has 0 saturated carbocycles. The van der Waals surface area contributed by atoms with Crippen LogP contribution in [0.1, 0.15) is 44.2 Å². The Hall–Kier alpha value is -1.95. The summed E-state index contributed by atoms with van der Waals surface area (Å²) in [5, 5.41) is 20.1. The van der Waals surface area contributed by atoms with E-state index in [-0.39, 0.29) is 11.7 Å². The number of benzene rings is 1. The average molecular weight is 292 g/mol. The highest BCUT2D eigenvalue weighted by molar-refractivity contribution is 5.73. The summed E-state index contributed by atoms with van der Waals surface area (Å²) in [5.41, 5.74) is 0.963. The normalized spacial score (nSPS) is 21.5. The van der Waals surface area contributed by atoms with Crippen LogP contribution in [0.15, 0.2) is 24.3 Å². The number of carboxylic acid groups (broad SMARTS) is 1.